The van der Waals surface area contributed by atoms with Crippen LogP contribution in [-0.4, -0.2) is 86.2 Å². The van der Waals surface area contributed by atoms with Gasteiger partial charge < -0.3 is 50.1 Å². The second-order valence-electron chi connectivity index (χ2n) is 14.5. The first kappa shape index (κ1) is 42.6. The van der Waals surface area contributed by atoms with Crippen molar-refractivity contribution >= 4 is 40.8 Å². The maximum atomic E-state index is 12.9. The van der Waals surface area contributed by atoms with Crippen LogP contribution in [-0.2, 0) is 50.1 Å². The summed E-state index contributed by atoms with van der Waals surface area (Å²) in [7, 11) is 4.79. The van der Waals surface area contributed by atoms with Crippen LogP contribution in [0.25, 0.3) is 22.2 Å². The first-order chi connectivity index (χ1) is 29.1. The molecule has 60 heavy (non-hydrogen) atoms. The van der Waals surface area contributed by atoms with Gasteiger partial charge in [0.05, 0.1) is 5.69 Å². The van der Waals surface area contributed by atoms with E-state index in [2.05, 4.69) is 26.3 Å². The molecular weight excluding hydrogens is 769 g/mol. The number of nitrogens with one attached hydrogen (secondary N) is 5. The largest absolute Gasteiger partial charge is 0.488 e. The number of nitrogens with zero attached hydrogens (tertiary/aromatic N) is 1. The van der Waals surface area contributed by atoms with Crippen molar-refractivity contribution in [2.24, 2.45) is 0 Å². The topological polar surface area (TPSA) is 189 Å². The summed E-state index contributed by atoms with van der Waals surface area (Å²) >= 11 is 0. The zero-order valence-electron chi connectivity index (χ0n) is 33.9. The second kappa shape index (κ2) is 20.6. The number of likely N-dealkylation sites (N-methyl/N-ethyl adjacent to an activating group) is 2. The minimum Gasteiger partial charge on any atom is -0.488 e. The standard InChI is InChI=1S/C45H50N6O9/c1-46-42(53)37(15-10-22-47-44(55)59-25-30-13-8-5-9-14-30)48-40(52)28-57-32-18-19-33-39(24-32)58-27-35-34-23-31(17-20-36(34)49-41(33)35)26-60-45(56)50-38(43(54)51(2)3)21-16-29-11-6-4-7-12-29/h4-9,11-14,17-20,23-24,37-38,49H,10,15-16,21-22,25-28H2,1-3H3,(H,46,53)(H,47,55)(H,48,52)(H,50,56). The van der Waals surface area contributed by atoms with Gasteiger partial charge in [0.15, 0.2) is 6.61 Å². The molecule has 0 saturated heterocycles. The predicted molar refractivity (Wildman–Crippen MR) is 224 cm³/mol. The molecule has 0 saturated carbocycles. The third-order valence-corrected chi connectivity index (χ3v) is 9.95. The maximum Gasteiger partial charge on any atom is 0.408 e. The number of fused-ring (bicyclic) bond motifs is 5. The summed E-state index contributed by atoms with van der Waals surface area (Å²) < 4.78 is 22.7. The van der Waals surface area contributed by atoms with Crippen molar-refractivity contribution in [3.8, 4) is 22.8 Å². The second-order valence-corrected chi connectivity index (χ2v) is 14.5. The highest BCUT2D eigenvalue weighted by Crippen LogP contribution is 2.42. The lowest BCUT2D eigenvalue weighted by molar-refractivity contribution is -0.131. The highest BCUT2D eigenvalue weighted by atomic mass is 16.6. The van der Waals surface area contributed by atoms with Crippen LogP contribution < -0.4 is 30.7 Å². The number of benzene rings is 4. The molecule has 5 N–H and O–H groups in total. The molecular formula is C45H50N6O9. The van der Waals surface area contributed by atoms with Gasteiger partial charge in [0.25, 0.3) is 5.91 Å². The Kier molecular flexibility index (Phi) is 14.6. The van der Waals surface area contributed by atoms with E-state index in [9.17, 15) is 24.0 Å². The van der Waals surface area contributed by atoms with Crippen molar-refractivity contribution in [1.29, 1.82) is 0 Å². The van der Waals surface area contributed by atoms with E-state index in [0.717, 1.165) is 44.4 Å². The van der Waals surface area contributed by atoms with Gasteiger partial charge in [-0.1, -0.05) is 66.7 Å². The summed E-state index contributed by atoms with van der Waals surface area (Å²) in [4.78, 5) is 68.1. The first-order valence-corrected chi connectivity index (χ1v) is 19.7. The maximum absolute atomic E-state index is 12.9. The molecule has 1 aromatic heterocycles. The molecule has 314 valence electrons. The highest BCUT2D eigenvalue weighted by Gasteiger charge is 2.25. The van der Waals surface area contributed by atoms with Gasteiger partial charge in [-0.15, -0.1) is 0 Å². The van der Waals surface area contributed by atoms with E-state index in [1.807, 2.05) is 84.9 Å². The van der Waals surface area contributed by atoms with Crippen molar-refractivity contribution in [3.05, 3.63) is 119 Å². The van der Waals surface area contributed by atoms with Gasteiger partial charge in [-0.3, -0.25) is 14.4 Å². The molecule has 4 aromatic carbocycles. The third kappa shape index (κ3) is 11.6. The Balaban J connectivity index is 0.988. The van der Waals surface area contributed by atoms with Gasteiger partial charge in [0.2, 0.25) is 11.8 Å². The molecule has 2 unspecified atom stereocenters. The molecule has 2 heterocycles. The first-order valence-electron chi connectivity index (χ1n) is 19.7. The summed E-state index contributed by atoms with van der Waals surface area (Å²) in [5.74, 6) is -0.0900. The Labute approximate surface area is 348 Å². The number of ether oxygens (including phenoxy) is 4. The van der Waals surface area contributed by atoms with Crippen LogP contribution >= 0.6 is 0 Å². The Morgan fingerprint density at radius 3 is 2.23 bits per heavy atom. The Morgan fingerprint density at radius 2 is 1.50 bits per heavy atom. The molecule has 6 rings (SSSR count). The molecule has 0 radical (unpaired) electrons. The molecule has 0 fully saturated rings. The Morgan fingerprint density at radius 1 is 0.783 bits per heavy atom. The van der Waals surface area contributed by atoms with Crippen LogP contribution in [0.3, 0.4) is 0 Å². The van der Waals surface area contributed by atoms with Crippen molar-refractivity contribution in [1.82, 2.24) is 31.2 Å². The average molecular weight is 819 g/mol. The van der Waals surface area contributed by atoms with E-state index < -0.39 is 30.2 Å². The van der Waals surface area contributed by atoms with Crippen molar-refractivity contribution in [2.45, 2.75) is 57.6 Å². The van der Waals surface area contributed by atoms with E-state index in [0.29, 0.717) is 30.8 Å². The quantitative estimate of drug-likeness (QED) is 0.0726. The summed E-state index contributed by atoms with van der Waals surface area (Å²) in [5.41, 5.74) is 6.21. The van der Waals surface area contributed by atoms with E-state index in [1.54, 1.807) is 26.2 Å². The van der Waals surface area contributed by atoms with E-state index in [-0.39, 0.29) is 51.2 Å². The van der Waals surface area contributed by atoms with Crippen LogP contribution in [0.5, 0.6) is 11.5 Å². The minimum atomic E-state index is -0.828. The van der Waals surface area contributed by atoms with Crippen LogP contribution in [0, 0.1) is 0 Å². The van der Waals surface area contributed by atoms with Gasteiger partial charge in [-0.05, 0) is 66.6 Å². The van der Waals surface area contributed by atoms with E-state index >= 15 is 0 Å². The summed E-state index contributed by atoms with van der Waals surface area (Å²) in [6, 6.07) is 28.6. The summed E-state index contributed by atoms with van der Waals surface area (Å²) in [5, 5.41) is 11.6. The number of amides is 5. The fraction of sp³-hybridized carbons (Fsp3) is 0.311. The van der Waals surface area contributed by atoms with Gasteiger partial charge in [0, 0.05) is 55.8 Å². The Hall–Kier alpha value is -7.03. The molecule has 2 atom stereocenters. The third-order valence-electron chi connectivity index (χ3n) is 9.95. The molecule has 0 aliphatic carbocycles. The summed E-state index contributed by atoms with van der Waals surface area (Å²) in [6.45, 7) is 0.332. The molecule has 5 aromatic rings. The zero-order valence-corrected chi connectivity index (χ0v) is 33.9. The Bertz CT molecular complexity index is 2280. The monoisotopic (exact) mass is 818 g/mol. The number of hydrogen-bond acceptors (Lipinski definition) is 9. The van der Waals surface area contributed by atoms with E-state index in [4.69, 9.17) is 18.9 Å². The van der Waals surface area contributed by atoms with Crippen LogP contribution in [0.1, 0.15) is 41.5 Å². The normalized spacial score (nSPS) is 12.4. The van der Waals surface area contributed by atoms with Gasteiger partial charge >= 0.3 is 12.2 Å². The number of alkyl carbamates (subject to hydrolysis) is 2. The number of aromatic amines is 1. The smallest absolute Gasteiger partial charge is 0.408 e. The van der Waals surface area contributed by atoms with Crippen LogP contribution in [0.4, 0.5) is 9.59 Å². The van der Waals surface area contributed by atoms with Crippen LogP contribution in [0.15, 0.2) is 97.1 Å². The lowest BCUT2D eigenvalue weighted by Gasteiger charge is -2.21. The number of carbonyl (C=O) groups excluding carboxylic acids is 5. The summed E-state index contributed by atoms with van der Waals surface area (Å²) in [6.07, 6.45) is 0.502. The lowest BCUT2D eigenvalue weighted by atomic mass is 10.0. The van der Waals surface area contributed by atoms with E-state index in [1.165, 1.54) is 11.9 Å². The molecule has 15 heteroatoms. The highest BCUT2D eigenvalue weighted by molar-refractivity contribution is 5.93. The predicted octanol–water partition coefficient (Wildman–Crippen LogP) is 5.36. The average Bonchev–Trinajstić information content (AvgIpc) is 3.65. The van der Waals surface area contributed by atoms with Crippen molar-refractivity contribution in [2.75, 3.05) is 34.3 Å². The minimum absolute atomic E-state index is 0.00207. The number of aryl methyl sites for hydroxylation is 1. The molecule has 1 aliphatic rings. The molecule has 5 amide bonds. The molecule has 15 nitrogen and oxygen atoms in total. The number of hydrogen-bond donors (Lipinski definition) is 5. The SMILES string of the molecule is CNC(=O)C(CCCNC(=O)OCc1ccccc1)NC(=O)COc1ccc2c(c1)OCc1c-2[nH]c2ccc(COC(=O)NC(CCc3ccccc3)C(=O)N(C)C)cc12. The number of aromatic nitrogens is 1. The molecule has 0 spiro atoms. The van der Waals surface area contributed by atoms with Gasteiger partial charge in [-0.25, -0.2) is 9.59 Å². The molecule has 1 aliphatic heterocycles. The fourth-order valence-corrected chi connectivity index (χ4v) is 6.79. The van der Waals surface area contributed by atoms with Crippen LogP contribution in [0.2, 0.25) is 0 Å². The van der Waals surface area contributed by atoms with Gasteiger partial charge in [0.1, 0.15) is 43.4 Å². The molecule has 0 bridgehead atoms. The number of H-pyrrole nitrogens is 1. The van der Waals surface area contributed by atoms with Gasteiger partial charge in [-0.2, -0.15) is 0 Å². The number of carbonyl (C=O) groups is 5. The zero-order chi connectivity index (χ0) is 42.4. The van der Waals surface area contributed by atoms with Crippen molar-refractivity contribution < 1.29 is 42.9 Å². The van der Waals surface area contributed by atoms with Crippen molar-refractivity contribution in [3.63, 3.8) is 0 Å². The lowest BCUT2D eigenvalue weighted by Crippen LogP contribution is -2.47. The fourth-order valence-electron chi connectivity index (χ4n) is 6.79. The number of rotatable bonds is 18.